The Hall–Kier alpha value is -1.06. The van der Waals surface area contributed by atoms with E-state index in [2.05, 4.69) is 26.1 Å². The van der Waals surface area contributed by atoms with Gasteiger partial charge in [-0.15, -0.1) is 0 Å². The molecule has 4 nitrogen and oxygen atoms in total. The quantitative estimate of drug-likeness (QED) is 0.789. The molecule has 0 atom stereocenters. The van der Waals surface area contributed by atoms with Gasteiger partial charge in [0, 0.05) is 5.41 Å². The third-order valence-corrected chi connectivity index (χ3v) is 1.99. The van der Waals surface area contributed by atoms with Crippen LogP contribution in [0.3, 0.4) is 0 Å². The van der Waals surface area contributed by atoms with Crippen LogP contribution in [0, 0.1) is 10.8 Å². The summed E-state index contributed by atoms with van der Waals surface area (Å²) in [5.41, 5.74) is -0.488. The van der Waals surface area contributed by atoms with Gasteiger partial charge in [-0.2, -0.15) is 0 Å². The molecule has 130 valence electrons. The molecule has 0 bridgehead atoms. The van der Waals surface area contributed by atoms with E-state index in [9.17, 15) is 9.59 Å². The lowest BCUT2D eigenvalue weighted by atomic mass is 9.76. The Morgan fingerprint density at radius 3 is 1.43 bits per heavy atom. The highest BCUT2D eigenvalue weighted by Gasteiger charge is 2.32. The predicted molar refractivity (Wildman–Crippen MR) is 92.5 cm³/mol. The molecule has 0 saturated heterocycles. The molecule has 0 unspecified atom stereocenters. The summed E-state index contributed by atoms with van der Waals surface area (Å²) in [7, 11) is 0. The maximum absolute atomic E-state index is 11.7. The van der Waals surface area contributed by atoms with E-state index in [4.69, 9.17) is 5.11 Å². The zero-order valence-corrected chi connectivity index (χ0v) is 16.2. The smallest absolute Gasteiger partial charge is 0.322 e. The number of carbonyl (C=O) groups excluding carboxylic acids is 1. The lowest BCUT2D eigenvalue weighted by Crippen LogP contribution is -2.41. The van der Waals surface area contributed by atoms with Crippen molar-refractivity contribution in [3.05, 3.63) is 0 Å². The van der Waals surface area contributed by atoms with E-state index in [0.717, 1.165) is 0 Å². The number of carboxylic acid groups (broad SMARTS) is 1. The second-order valence-corrected chi connectivity index (χ2v) is 5.70. The van der Waals surface area contributed by atoms with Gasteiger partial charge in [0.1, 0.15) is 6.54 Å². The Morgan fingerprint density at radius 2 is 1.19 bits per heavy atom. The summed E-state index contributed by atoms with van der Waals surface area (Å²) in [6.07, 6.45) is 0.714. The molecule has 4 heteroatoms. The van der Waals surface area contributed by atoms with Crippen molar-refractivity contribution in [2.24, 2.45) is 10.8 Å². The van der Waals surface area contributed by atoms with Gasteiger partial charge in [0.15, 0.2) is 0 Å². The summed E-state index contributed by atoms with van der Waals surface area (Å²) in [5.74, 6) is -1.23. The first-order valence-corrected chi connectivity index (χ1v) is 8.05. The van der Waals surface area contributed by atoms with Gasteiger partial charge >= 0.3 is 5.97 Å². The van der Waals surface area contributed by atoms with Gasteiger partial charge in [-0.3, -0.25) is 9.59 Å². The Morgan fingerprint density at radius 1 is 0.857 bits per heavy atom. The topological polar surface area (TPSA) is 66.4 Å². The highest BCUT2D eigenvalue weighted by atomic mass is 16.4. The number of carbonyl (C=O) groups is 2. The zero-order chi connectivity index (χ0) is 18.3. The van der Waals surface area contributed by atoms with Gasteiger partial charge in [0.25, 0.3) is 0 Å². The molecule has 0 rings (SSSR count). The minimum absolute atomic E-state index is 0.0457. The molecule has 0 aromatic heterocycles. The minimum Gasteiger partial charge on any atom is -0.480 e. The van der Waals surface area contributed by atoms with E-state index in [-0.39, 0.29) is 17.9 Å². The van der Waals surface area contributed by atoms with Crippen molar-refractivity contribution >= 4 is 11.9 Å². The van der Waals surface area contributed by atoms with E-state index in [1.807, 2.05) is 55.4 Å². The van der Waals surface area contributed by atoms with Crippen molar-refractivity contribution in [2.45, 2.75) is 82.6 Å². The summed E-state index contributed by atoms with van der Waals surface area (Å²) in [5, 5.41) is 10.9. The van der Waals surface area contributed by atoms with Crippen LogP contribution in [0.15, 0.2) is 0 Å². The second kappa shape index (κ2) is 15.3. The van der Waals surface area contributed by atoms with Crippen LogP contribution in [0.5, 0.6) is 0 Å². The molecule has 1 amide bonds. The van der Waals surface area contributed by atoms with Gasteiger partial charge in [0.05, 0.1) is 0 Å². The Labute approximate surface area is 132 Å². The molecule has 0 aliphatic rings. The van der Waals surface area contributed by atoms with Gasteiger partial charge < -0.3 is 10.4 Å². The number of carboxylic acids is 1. The number of amides is 1. The van der Waals surface area contributed by atoms with Gasteiger partial charge in [-0.25, -0.2) is 0 Å². The summed E-state index contributed by atoms with van der Waals surface area (Å²) in [4.78, 5) is 22.0. The van der Waals surface area contributed by atoms with Gasteiger partial charge in [-0.1, -0.05) is 76.2 Å². The normalized spacial score (nSPS) is 9.67. The van der Waals surface area contributed by atoms with Gasteiger partial charge in [-0.05, 0) is 11.8 Å². The van der Waals surface area contributed by atoms with Crippen molar-refractivity contribution in [1.82, 2.24) is 5.32 Å². The van der Waals surface area contributed by atoms with E-state index in [1.54, 1.807) is 0 Å². The molecule has 0 radical (unpaired) electrons. The highest BCUT2D eigenvalue weighted by molar-refractivity contribution is 5.85. The molecule has 0 aromatic rings. The molecule has 0 saturated carbocycles. The molecule has 0 heterocycles. The van der Waals surface area contributed by atoms with E-state index in [1.165, 1.54) is 0 Å². The van der Waals surface area contributed by atoms with Crippen LogP contribution in [0.25, 0.3) is 0 Å². The van der Waals surface area contributed by atoms with E-state index >= 15 is 0 Å². The van der Waals surface area contributed by atoms with Crippen LogP contribution in [0.2, 0.25) is 0 Å². The standard InChI is InChI=1S/C11H21NO3.3C2H6/c1-10(2,3)7-11(4,5)9(15)12-6-8(13)14;3*1-2/h6-7H2,1-5H3,(H,12,15)(H,13,14);3*1-2H3. The molecule has 0 aliphatic carbocycles. The molecule has 0 fully saturated rings. The lowest BCUT2D eigenvalue weighted by Gasteiger charge is -2.30. The average Bonchev–Trinajstić information content (AvgIpc) is 2.40. The van der Waals surface area contributed by atoms with Crippen molar-refractivity contribution in [3.8, 4) is 0 Å². The zero-order valence-electron chi connectivity index (χ0n) is 16.2. The Bertz CT molecular complexity index is 253. The van der Waals surface area contributed by atoms with Crippen molar-refractivity contribution < 1.29 is 14.7 Å². The largest absolute Gasteiger partial charge is 0.480 e. The van der Waals surface area contributed by atoms with Crippen LogP contribution in [-0.4, -0.2) is 23.5 Å². The van der Waals surface area contributed by atoms with Crippen molar-refractivity contribution in [3.63, 3.8) is 0 Å². The molecule has 0 aromatic carbocycles. The second-order valence-electron chi connectivity index (χ2n) is 5.70. The fraction of sp³-hybridized carbons (Fsp3) is 0.882. The first-order valence-electron chi connectivity index (χ1n) is 8.05. The number of nitrogens with one attached hydrogen (secondary N) is 1. The highest BCUT2D eigenvalue weighted by Crippen LogP contribution is 2.33. The summed E-state index contributed by atoms with van der Waals surface area (Å²) < 4.78 is 0. The summed E-state index contributed by atoms with van der Waals surface area (Å²) in [6.45, 7) is 21.5. The summed E-state index contributed by atoms with van der Waals surface area (Å²) >= 11 is 0. The van der Waals surface area contributed by atoms with E-state index in [0.29, 0.717) is 6.42 Å². The Balaban J connectivity index is -0.000000212. The molecular formula is C17H39NO3. The number of rotatable bonds is 4. The average molecular weight is 306 g/mol. The van der Waals surface area contributed by atoms with Crippen LogP contribution in [0.4, 0.5) is 0 Å². The molecular weight excluding hydrogens is 266 g/mol. The van der Waals surface area contributed by atoms with Crippen LogP contribution < -0.4 is 5.32 Å². The van der Waals surface area contributed by atoms with E-state index < -0.39 is 11.4 Å². The monoisotopic (exact) mass is 305 g/mol. The fourth-order valence-electron chi connectivity index (χ4n) is 1.80. The predicted octanol–water partition coefficient (Wildman–Crippen LogP) is 4.73. The van der Waals surface area contributed by atoms with Gasteiger partial charge in [0.2, 0.25) is 5.91 Å². The van der Waals surface area contributed by atoms with Crippen LogP contribution in [0.1, 0.15) is 82.6 Å². The summed E-state index contributed by atoms with van der Waals surface area (Å²) in [6, 6.07) is 0. The maximum Gasteiger partial charge on any atom is 0.322 e. The molecule has 21 heavy (non-hydrogen) atoms. The minimum atomic E-state index is -1.02. The third-order valence-electron chi connectivity index (χ3n) is 1.99. The lowest BCUT2D eigenvalue weighted by molar-refractivity contribution is -0.140. The first-order chi connectivity index (χ1) is 9.54. The number of aliphatic carboxylic acids is 1. The maximum atomic E-state index is 11.7. The van der Waals surface area contributed by atoms with Crippen molar-refractivity contribution in [2.75, 3.05) is 6.54 Å². The van der Waals surface area contributed by atoms with Crippen molar-refractivity contribution in [1.29, 1.82) is 0 Å². The molecule has 0 spiro atoms. The number of hydrogen-bond acceptors (Lipinski definition) is 2. The first kappa shape index (κ1) is 28.2. The molecule has 2 N–H and O–H groups in total. The number of hydrogen-bond donors (Lipinski definition) is 2. The molecule has 0 aliphatic heterocycles. The van der Waals surface area contributed by atoms with Crippen LogP contribution >= 0.6 is 0 Å². The third kappa shape index (κ3) is 21.4. The van der Waals surface area contributed by atoms with Crippen LogP contribution in [-0.2, 0) is 9.59 Å². The fourth-order valence-corrected chi connectivity index (χ4v) is 1.80. The Kier molecular flexibility index (Phi) is 20.6. The SMILES string of the molecule is CC.CC.CC.CC(C)(C)CC(C)(C)C(=O)NCC(=O)O.